The van der Waals surface area contributed by atoms with Crippen LogP contribution in [0.3, 0.4) is 0 Å². The minimum absolute atomic E-state index is 0.0223. The molecular weight excluding hydrogens is 430 g/mol. The van der Waals surface area contributed by atoms with E-state index in [4.69, 9.17) is 4.74 Å². The van der Waals surface area contributed by atoms with Gasteiger partial charge < -0.3 is 4.74 Å². The number of nitrogens with one attached hydrogen (secondary N) is 1. The third-order valence-electron chi connectivity index (χ3n) is 6.28. The summed E-state index contributed by atoms with van der Waals surface area (Å²) in [4.78, 5) is 1.61. The zero-order chi connectivity index (χ0) is 23.7. The zero-order valence-electron chi connectivity index (χ0n) is 21.9. The van der Waals surface area contributed by atoms with Gasteiger partial charge in [-0.1, -0.05) is 36.6 Å². The van der Waals surface area contributed by atoms with Crippen molar-refractivity contribution in [1.29, 1.82) is 0 Å². The van der Waals surface area contributed by atoms with Crippen LogP contribution in [0, 0.1) is 0 Å². The van der Waals surface area contributed by atoms with E-state index in [0.717, 1.165) is 13.0 Å². The van der Waals surface area contributed by atoms with Crippen molar-refractivity contribution in [2.75, 3.05) is 18.6 Å². The van der Waals surface area contributed by atoms with Gasteiger partial charge in [0.25, 0.3) is 0 Å². The number of fused-ring (bicyclic) bond motifs is 3. The van der Waals surface area contributed by atoms with E-state index in [2.05, 4.69) is 90.6 Å². The number of ether oxygens (including phenoxy) is 1. The van der Waals surface area contributed by atoms with Crippen molar-refractivity contribution >= 4 is 37.2 Å². The van der Waals surface area contributed by atoms with Gasteiger partial charge in [0.2, 0.25) is 0 Å². The standard InChI is InChI=1S/C28H45NOS2/c1-20-21(2)26(25-24(20)22-16-12-13-17-23(22)31-25)32(9,29-27(3,4)5)19-15-11-10-14-18-30-28(6,7)8/h12-13,16-17,26,29H,10-11,14-15,18-19H2,1-9H3. The summed E-state index contributed by atoms with van der Waals surface area (Å²) in [6.45, 7) is 19.0. The molecule has 1 N–H and O–H groups in total. The third-order valence-corrected chi connectivity index (χ3v) is 11.5. The summed E-state index contributed by atoms with van der Waals surface area (Å²) in [5.41, 5.74) is 4.71. The van der Waals surface area contributed by atoms with Gasteiger partial charge in [-0.3, -0.25) is 4.72 Å². The highest BCUT2D eigenvalue weighted by Gasteiger charge is 2.41. The lowest BCUT2D eigenvalue weighted by molar-refractivity contribution is -0.00470. The first-order valence-electron chi connectivity index (χ1n) is 12.2. The SMILES string of the molecule is CC1=C(C)C(S(C)(CCCCCCOC(C)(C)C)NC(C)(C)C)c2sc3ccccc3c21. The lowest BCUT2D eigenvalue weighted by Crippen LogP contribution is -2.41. The molecule has 0 spiro atoms. The molecule has 0 saturated heterocycles. The highest BCUT2D eigenvalue weighted by Crippen LogP contribution is 2.66. The van der Waals surface area contributed by atoms with Crippen LogP contribution in [-0.4, -0.2) is 29.8 Å². The molecule has 1 aromatic carbocycles. The second-order valence-electron chi connectivity index (χ2n) is 11.6. The van der Waals surface area contributed by atoms with Crippen LogP contribution in [0.5, 0.6) is 0 Å². The van der Waals surface area contributed by atoms with E-state index in [1.54, 1.807) is 10.5 Å². The maximum atomic E-state index is 5.91. The summed E-state index contributed by atoms with van der Waals surface area (Å²) in [6.07, 6.45) is 7.55. The Morgan fingerprint density at radius 1 is 0.969 bits per heavy atom. The Bertz CT molecular complexity index is 960. The molecule has 2 atom stereocenters. The molecular formula is C28H45NOS2. The normalized spacial score (nSPS) is 20.0. The molecule has 4 heteroatoms. The van der Waals surface area contributed by atoms with Crippen molar-refractivity contribution in [3.63, 3.8) is 0 Å². The largest absolute Gasteiger partial charge is 0.376 e. The van der Waals surface area contributed by atoms with Gasteiger partial charge in [-0.05, 0) is 91.9 Å². The van der Waals surface area contributed by atoms with Gasteiger partial charge in [-0.15, -0.1) is 11.3 Å². The van der Waals surface area contributed by atoms with E-state index >= 15 is 0 Å². The lowest BCUT2D eigenvalue weighted by Gasteiger charge is -2.48. The minimum Gasteiger partial charge on any atom is -0.376 e. The van der Waals surface area contributed by atoms with E-state index in [1.165, 1.54) is 46.2 Å². The predicted molar refractivity (Wildman–Crippen MR) is 148 cm³/mol. The summed E-state index contributed by atoms with van der Waals surface area (Å²) >= 11 is 2.03. The predicted octanol–water partition coefficient (Wildman–Crippen LogP) is 8.86. The van der Waals surface area contributed by atoms with Crippen molar-refractivity contribution in [2.24, 2.45) is 0 Å². The first-order chi connectivity index (χ1) is 14.8. The monoisotopic (exact) mass is 475 g/mol. The topological polar surface area (TPSA) is 21.3 Å². The van der Waals surface area contributed by atoms with Gasteiger partial charge in [0.05, 0.1) is 10.9 Å². The smallest absolute Gasteiger partial charge is 0.0598 e. The van der Waals surface area contributed by atoms with Gasteiger partial charge in [0, 0.05) is 32.7 Å². The Morgan fingerprint density at radius 3 is 2.28 bits per heavy atom. The molecule has 1 aromatic heterocycles. The highest BCUT2D eigenvalue weighted by molar-refractivity contribution is 8.32. The molecule has 1 aliphatic rings. The number of allylic oxidation sites excluding steroid dienone is 1. The minimum atomic E-state index is -1.06. The van der Waals surface area contributed by atoms with Crippen molar-refractivity contribution in [3.05, 3.63) is 40.3 Å². The first-order valence-corrected chi connectivity index (χ1v) is 15.3. The first kappa shape index (κ1) is 25.8. The molecule has 0 saturated carbocycles. The molecule has 2 nitrogen and oxygen atoms in total. The Labute approximate surface area is 202 Å². The van der Waals surface area contributed by atoms with Crippen LogP contribution < -0.4 is 4.72 Å². The Morgan fingerprint density at radius 2 is 1.62 bits per heavy atom. The fraction of sp³-hybridized carbons (Fsp3) is 0.643. The van der Waals surface area contributed by atoms with Crippen LogP contribution in [0.1, 0.15) is 96.8 Å². The molecule has 0 bridgehead atoms. The number of thiophene rings is 1. The van der Waals surface area contributed by atoms with E-state index in [9.17, 15) is 0 Å². The van der Waals surface area contributed by atoms with Crippen LogP contribution in [0.15, 0.2) is 29.8 Å². The molecule has 180 valence electrons. The summed E-state index contributed by atoms with van der Waals surface area (Å²) in [6, 6.07) is 8.97. The summed E-state index contributed by atoms with van der Waals surface area (Å²) in [5.74, 6) is 1.27. The Hall–Kier alpha value is -0.810. The summed E-state index contributed by atoms with van der Waals surface area (Å²) in [5, 5.41) is 1.97. The average Bonchev–Trinajstić information content (AvgIpc) is 3.13. The summed E-state index contributed by atoms with van der Waals surface area (Å²) < 4.78 is 11.5. The summed E-state index contributed by atoms with van der Waals surface area (Å²) in [7, 11) is -1.06. The Kier molecular flexibility index (Phi) is 7.92. The quantitative estimate of drug-likeness (QED) is 0.366. The molecule has 0 aliphatic heterocycles. The maximum Gasteiger partial charge on any atom is 0.0598 e. The van der Waals surface area contributed by atoms with Gasteiger partial charge in [-0.2, -0.15) is 10.2 Å². The van der Waals surface area contributed by atoms with Crippen molar-refractivity contribution < 1.29 is 4.74 Å². The number of unbranched alkanes of at least 4 members (excludes halogenated alkanes) is 3. The van der Waals surface area contributed by atoms with Crippen molar-refractivity contribution in [3.8, 4) is 0 Å². The van der Waals surface area contributed by atoms with E-state index < -0.39 is 10.2 Å². The number of rotatable bonds is 9. The van der Waals surface area contributed by atoms with E-state index in [0.29, 0.717) is 5.25 Å². The van der Waals surface area contributed by atoms with Gasteiger partial charge in [0.1, 0.15) is 0 Å². The number of hydrogen-bond donors (Lipinski definition) is 1. The van der Waals surface area contributed by atoms with Crippen LogP contribution in [0.2, 0.25) is 0 Å². The van der Waals surface area contributed by atoms with Crippen LogP contribution in [0.4, 0.5) is 0 Å². The molecule has 2 aromatic rings. The van der Waals surface area contributed by atoms with Crippen LogP contribution in [-0.2, 0) is 4.74 Å². The average molecular weight is 476 g/mol. The van der Waals surface area contributed by atoms with Gasteiger partial charge in [0.15, 0.2) is 0 Å². The molecule has 1 heterocycles. The number of hydrogen-bond acceptors (Lipinski definition) is 3. The van der Waals surface area contributed by atoms with Crippen LogP contribution in [0.25, 0.3) is 15.7 Å². The Balaban J connectivity index is 1.77. The molecule has 0 amide bonds. The van der Waals surface area contributed by atoms with E-state index in [1.807, 2.05) is 11.3 Å². The number of benzene rings is 1. The lowest BCUT2D eigenvalue weighted by atomic mass is 10.1. The van der Waals surface area contributed by atoms with Crippen molar-refractivity contribution in [1.82, 2.24) is 4.72 Å². The zero-order valence-corrected chi connectivity index (χ0v) is 23.5. The molecule has 32 heavy (non-hydrogen) atoms. The van der Waals surface area contributed by atoms with Crippen molar-refractivity contribution in [2.45, 2.75) is 97.5 Å². The van der Waals surface area contributed by atoms with Gasteiger partial charge in [-0.25, -0.2) is 0 Å². The van der Waals surface area contributed by atoms with E-state index in [-0.39, 0.29) is 11.1 Å². The molecule has 0 fully saturated rings. The molecule has 3 rings (SSSR count). The molecule has 0 radical (unpaired) electrons. The fourth-order valence-corrected chi connectivity index (χ4v) is 11.3. The maximum absolute atomic E-state index is 5.91. The van der Waals surface area contributed by atoms with Crippen LogP contribution >= 0.6 is 21.6 Å². The highest BCUT2D eigenvalue weighted by atomic mass is 32.3. The fourth-order valence-electron chi connectivity index (χ4n) is 5.02. The second-order valence-corrected chi connectivity index (χ2v) is 16.1. The second kappa shape index (κ2) is 9.82. The molecule has 2 unspecified atom stereocenters. The molecule has 1 aliphatic carbocycles. The van der Waals surface area contributed by atoms with Gasteiger partial charge >= 0.3 is 0 Å². The third kappa shape index (κ3) is 6.00.